The fourth-order valence-electron chi connectivity index (χ4n) is 1.26. The third kappa shape index (κ3) is 3.48. The molecule has 0 aromatic carbocycles. The van der Waals surface area contributed by atoms with E-state index in [4.69, 9.17) is 0 Å². The number of rotatable bonds is 4. The van der Waals surface area contributed by atoms with Crippen LogP contribution < -0.4 is 5.32 Å². The molecule has 0 unspecified atom stereocenters. The van der Waals surface area contributed by atoms with Crippen molar-refractivity contribution in [2.75, 3.05) is 18.9 Å². The quantitative estimate of drug-likeness (QED) is 0.880. The molecule has 1 rings (SSSR count). The van der Waals surface area contributed by atoms with E-state index >= 15 is 0 Å². The van der Waals surface area contributed by atoms with E-state index in [0.717, 1.165) is 23.7 Å². The average molecular weight is 241 g/mol. The molecule has 1 heterocycles. The van der Waals surface area contributed by atoms with Crippen molar-refractivity contribution in [3.8, 4) is 0 Å². The summed E-state index contributed by atoms with van der Waals surface area (Å²) in [5, 5.41) is 3.66. The van der Waals surface area contributed by atoms with Crippen LogP contribution in [0, 0.1) is 0 Å². The molecule has 5 heteroatoms. The first kappa shape index (κ1) is 13.0. The predicted molar refractivity (Wildman–Crippen MR) is 68.1 cm³/mol. The third-order valence-electron chi connectivity index (χ3n) is 2.26. The lowest BCUT2D eigenvalue weighted by molar-refractivity contribution is 0.222. The highest BCUT2D eigenvalue weighted by Crippen LogP contribution is 2.22. The van der Waals surface area contributed by atoms with Crippen LogP contribution in [0.25, 0.3) is 0 Å². The predicted octanol–water partition coefficient (Wildman–Crippen LogP) is 3.14. The molecule has 0 aliphatic heterocycles. The molecular formula is C11H19N3OS. The maximum atomic E-state index is 11.7. The van der Waals surface area contributed by atoms with Crippen LogP contribution in [0.15, 0.2) is 6.07 Å². The van der Waals surface area contributed by atoms with Crippen molar-refractivity contribution in [2.24, 2.45) is 0 Å². The molecule has 0 saturated carbocycles. The van der Waals surface area contributed by atoms with Gasteiger partial charge in [-0.1, -0.05) is 20.8 Å². The number of amides is 2. The molecule has 0 atom stereocenters. The second-order valence-electron chi connectivity index (χ2n) is 4.12. The summed E-state index contributed by atoms with van der Waals surface area (Å²) in [5.74, 6) is 0.398. The second-order valence-corrected chi connectivity index (χ2v) is 4.93. The Labute approximate surface area is 101 Å². The van der Waals surface area contributed by atoms with E-state index in [1.807, 2.05) is 13.0 Å². The summed E-state index contributed by atoms with van der Waals surface area (Å²) >= 11 is 1.33. The summed E-state index contributed by atoms with van der Waals surface area (Å²) in [6.07, 6.45) is 0.962. The highest BCUT2D eigenvalue weighted by Gasteiger charge is 2.11. The van der Waals surface area contributed by atoms with Crippen molar-refractivity contribution < 1.29 is 4.79 Å². The van der Waals surface area contributed by atoms with Crippen LogP contribution in [-0.4, -0.2) is 28.9 Å². The van der Waals surface area contributed by atoms with Gasteiger partial charge in [-0.15, -0.1) is 0 Å². The minimum atomic E-state index is -0.0687. The lowest BCUT2D eigenvalue weighted by Gasteiger charge is -2.15. The van der Waals surface area contributed by atoms with Gasteiger partial charge in [0, 0.05) is 13.6 Å². The van der Waals surface area contributed by atoms with Crippen LogP contribution in [0.1, 0.15) is 38.8 Å². The highest BCUT2D eigenvalue weighted by atomic mass is 32.1. The van der Waals surface area contributed by atoms with E-state index in [1.165, 1.54) is 11.5 Å². The van der Waals surface area contributed by atoms with Gasteiger partial charge in [0.25, 0.3) is 0 Å². The number of carbonyl (C=O) groups excluding carboxylic acids is 1. The van der Waals surface area contributed by atoms with E-state index in [-0.39, 0.29) is 6.03 Å². The van der Waals surface area contributed by atoms with E-state index in [9.17, 15) is 4.79 Å². The Balaban J connectivity index is 2.56. The van der Waals surface area contributed by atoms with Crippen molar-refractivity contribution in [2.45, 2.75) is 33.1 Å². The zero-order valence-electron chi connectivity index (χ0n) is 10.3. The van der Waals surface area contributed by atoms with Gasteiger partial charge in [-0.2, -0.15) is 4.37 Å². The first-order valence-corrected chi connectivity index (χ1v) is 6.30. The van der Waals surface area contributed by atoms with Crippen LogP contribution in [0.2, 0.25) is 0 Å². The van der Waals surface area contributed by atoms with Crippen molar-refractivity contribution in [3.05, 3.63) is 11.8 Å². The van der Waals surface area contributed by atoms with Crippen molar-refractivity contribution >= 4 is 22.6 Å². The van der Waals surface area contributed by atoms with Crippen LogP contribution in [0.3, 0.4) is 0 Å². The number of urea groups is 1. The fourth-order valence-corrected chi connectivity index (χ4v) is 2.03. The minimum absolute atomic E-state index is 0.0687. The topological polar surface area (TPSA) is 45.2 Å². The van der Waals surface area contributed by atoms with Gasteiger partial charge >= 0.3 is 6.03 Å². The van der Waals surface area contributed by atoms with E-state index in [2.05, 4.69) is 23.5 Å². The summed E-state index contributed by atoms with van der Waals surface area (Å²) in [5.41, 5.74) is 1.03. The first-order valence-electron chi connectivity index (χ1n) is 5.53. The van der Waals surface area contributed by atoms with Crippen LogP contribution in [0.4, 0.5) is 9.80 Å². The summed E-state index contributed by atoms with van der Waals surface area (Å²) in [4.78, 5) is 13.4. The maximum Gasteiger partial charge on any atom is 0.322 e. The minimum Gasteiger partial charge on any atom is -0.328 e. The van der Waals surface area contributed by atoms with Gasteiger partial charge in [0.2, 0.25) is 0 Å². The SMILES string of the molecule is CCCN(C)C(=O)Nc1cc(C(C)C)ns1. The standard InChI is InChI=1S/C11H19N3OS/c1-5-6-14(4)11(15)12-10-7-9(8(2)3)13-16-10/h7-8H,5-6H2,1-4H3,(H,12,15). The molecule has 2 amide bonds. The molecule has 16 heavy (non-hydrogen) atoms. The number of carbonyl (C=O) groups is 1. The summed E-state index contributed by atoms with van der Waals surface area (Å²) in [6, 6.07) is 1.87. The van der Waals surface area contributed by atoms with Crippen molar-refractivity contribution in [1.82, 2.24) is 9.27 Å². The maximum absolute atomic E-state index is 11.7. The number of anilines is 1. The van der Waals surface area contributed by atoms with Gasteiger partial charge in [0.15, 0.2) is 0 Å². The number of nitrogens with zero attached hydrogens (tertiary/aromatic N) is 2. The normalized spacial score (nSPS) is 10.6. The molecule has 0 radical (unpaired) electrons. The van der Waals surface area contributed by atoms with E-state index < -0.39 is 0 Å². The van der Waals surface area contributed by atoms with Crippen molar-refractivity contribution in [3.63, 3.8) is 0 Å². The molecule has 90 valence electrons. The van der Waals surface area contributed by atoms with Gasteiger partial charge in [0.1, 0.15) is 5.00 Å². The molecule has 0 aliphatic carbocycles. The molecule has 1 aromatic heterocycles. The van der Waals surface area contributed by atoms with Gasteiger partial charge in [-0.05, 0) is 29.9 Å². The Kier molecular flexibility index (Phi) is 4.73. The Morgan fingerprint density at radius 2 is 2.31 bits per heavy atom. The largest absolute Gasteiger partial charge is 0.328 e. The molecule has 0 aliphatic rings. The average Bonchev–Trinajstić information content (AvgIpc) is 2.66. The summed E-state index contributed by atoms with van der Waals surface area (Å²) < 4.78 is 4.28. The zero-order chi connectivity index (χ0) is 12.1. The Morgan fingerprint density at radius 1 is 1.62 bits per heavy atom. The lowest BCUT2D eigenvalue weighted by Crippen LogP contribution is -2.31. The van der Waals surface area contributed by atoms with Gasteiger partial charge < -0.3 is 4.90 Å². The van der Waals surface area contributed by atoms with Crippen LogP contribution >= 0.6 is 11.5 Å². The molecule has 4 nitrogen and oxygen atoms in total. The summed E-state index contributed by atoms with van der Waals surface area (Å²) in [7, 11) is 1.79. The molecule has 0 saturated heterocycles. The third-order valence-corrected chi connectivity index (χ3v) is 2.97. The molecule has 0 fully saturated rings. The number of hydrogen-bond acceptors (Lipinski definition) is 3. The van der Waals surface area contributed by atoms with Gasteiger partial charge in [0.05, 0.1) is 5.69 Å². The van der Waals surface area contributed by atoms with Crippen LogP contribution in [0.5, 0.6) is 0 Å². The number of nitrogens with one attached hydrogen (secondary N) is 1. The second kappa shape index (κ2) is 5.84. The number of aromatic nitrogens is 1. The summed E-state index contributed by atoms with van der Waals surface area (Å²) in [6.45, 7) is 6.99. The van der Waals surface area contributed by atoms with E-state index in [0.29, 0.717) is 5.92 Å². The van der Waals surface area contributed by atoms with Gasteiger partial charge in [-0.25, -0.2) is 4.79 Å². The highest BCUT2D eigenvalue weighted by molar-refractivity contribution is 7.10. The lowest BCUT2D eigenvalue weighted by atomic mass is 10.1. The smallest absolute Gasteiger partial charge is 0.322 e. The number of hydrogen-bond donors (Lipinski definition) is 1. The van der Waals surface area contributed by atoms with E-state index in [1.54, 1.807) is 11.9 Å². The fraction of sp³-hybridized carbons (Fsp3) is 0.636. The molecular weight excluding hydrogens is 222 g/mol. The van der Waals surface area contributed by atoms with Crippen LogP contribution in [-0.2, 0) is 0 Å². The zero-order valence-corrected chi connectivity index (χ0v) is 11.1. The molecule has 1 aromatic rings. The molecule has 0 bridgehead atoms. The Morgan fingerprint density at radius 3 is 2.81 bits per heavy atom. The Bertz CT molecular complexity index is 349. The Hall–Kier alpha value is -1.10. The monoisotopic (exact) mass is 241 g/mol. The molecule has 1 N–H and O–H groups in total. The van der Waals surface area contributed by atoms with Gasteiger partial charge in [-0.3, -0.25) is 5.32 Å². The van der Waals surface area contributed by atoms with Crippen molar-refractivity contribution in [1.29, 1.82) is 0 Å². The molecule has 0 spiro atoms. The first-order chi connectivity index (χ1) is 7.54.